The minimum Gasteiger partial charge on any atom is -0.489 e. The monoisotopic (exact) mass is 483 g/mol. The Morgan fingerprint density at radius 2 is 1.90 bits per heavy atom. The normalized spacial score (nSPS) is 11.0. The topological polar surface area (TPSA) is 56.2 Å². The molecule has 2 aromatic carbocycles. The third-order valence-corrected chi connectivity index (χ3v) is 6.41. The number of ether oxygens (including phenoxy) is 1. The Balaban J connectivity index is 1.48. The lowest BCUT2D eigenvalue weighted by molar-refractivity contribution is 0.0952. The summed E-state index contributed by atoms with van der Waals surface area (Å²) in [4.78, 5) is 12.5. The molecule has 5 nitrogen and oxygen atoms in total. The summed E-state index contributed by atoms with van der Waals surface area (Å²) in [6.07, 6.45) is 0.815. The molecule has 0 atom stereocenters. The number of carbonyl (C=O) groups is 1. The molecule has 0 bridgehead atoms. The van der Waals surface area contributed by atoms with E-state index >= 15 is 0 Å². The van der Waals surface area contributed by atoms with Crippen molar-refractivity contribution in [2.24, 2.45) is 0 Å². The Bertz CT molecular complexity index is 1030. The molecule has 0 spiro atoms. The van der Waals surface area contributed by atoms with Crippen LogP contribution in [0.4, 0.5) is 0 Å². The maximum Gasteiger partial charge on any atom is 0.251 e. The molecule has 164 valence electrons. The van der Waals surface area contributed by atoms with E-state index in [0.717, 1.165) is 40.1 Å². The number of amides is 1. The van der Waals surface area contributed by atoms with E-state index in [1.54, 1.807) is 0 Å². The van der Waals surface area contributed by atoms with E-state index in [2.05, 4.69) is 52.3 Å². The molecule has 0 unspecified atom stereocenters. The van der Waals surface area contributed by atoms with Crippen molar-refractivity contribution in [3.8, 4) is 5.75 Å². The highest BCUT2D eigenvalue weighted by Crippen LogP contribution is 2.20. The average molecular weight is 484 g/mol. The number of carbonyl (C=O) groups excluding carboxylic acids is 1. The van der Waals surface area contributed by atoms with E-state index in [0.29, 0.717) is 24.6 Å². The molecule has 3 aromatic rings. The largest absolute Gasteiger partial charge is 0.489 e. The molecule has 6 heteroatoms. The van der Waals surface area contributed by atoms with Gasteiger partial charge in [-0.15, -0.1) is 0 Å². The maximum absolute atomic E-state index is 12.5. The quantitative estimate of drug-likeness (QED) is 0.392. The van der Waals surface area contributed by atoms with Crippen LogP contribution in [0.3, 0.4) is 0 Å². The zero-order valence-electron chi connectivity index (χ0n) is 18.6. The number of halogens is 1. The zero-order valence-corrected chi connectivity index (χ0v) is 20.2. The van der Waals surface area contributed by atoms with E-state index in [9.17, 15) is 4.79 Å². The highest BCUT2D eigenvalue weighted by Gasteiger charge is 2.09. The number of hydrogen-bond acceptors (Lipinski definition) is 3. The zero-order chi connectivity index (χ0) is 22.4. The van der Waals surface area contributed by atoms with Crippen molar-refractivity contribution in [2.75, 3.05) is 6.54 Å². The minimum atomic E-state index is -0.0716. The second kappa shape index (κ2) is 10.6. The molecule has 0 aliphatic carbocycles. The number of aromatic nitrogens is 2. The molecule has 0 radical (unpaired) electrons. The summed E-state index contributed by atoms with van der Waals surface area (Å²) in [6.45, 7) is 10.1. The van der Waals surface area contributed by atoms with Crippen molar-refractivity contribution in [1.82, 2.24) is 15.1 Å². The van der Waals surface area contributed by atoms with Gasteiger partial charge in [-0.1, -0.05) is 38.1 Å². The Hall–Kier alpha value is -2.60. The Morgan fingerprint density at radius 3 is 2.55 bits per heavy atom. The lowest BCUT2D eigenvalue weighted by Crippen LogP contribution is -2.25. The standard InChI is InChI=1S/C25H30BrN3O2/c1-17(2)21-9-11-23(12-10-21)31-16-20-7-5-8-22(15-20)25(30)27-13-6-14-29-19(4)24(26)18(3)28-29/h5,7-12,15,17H,6,13-14,16H2,1-4H3,(H,27,30). The number of nitrogens with zero attached hydrogens (tertiary/aromatic N) is 2. The Labute approximate surface area is 192 Å². The number of benzene rings is 2. The van der Waals surface area contributed by atoms with Crippen LogP contribution in [-0.4, -0.2) is 22.2 Å². The second-order valence-electron chi connectivity index (χ2n) is 8.03. The third-order valence-electron chi connectivity index (χ3n) is 5.27. The molecule has 1 amide bonds. The highest BCUT2D eigenvalue weighted by atomic mass is 79.9. The first-order chi connectivity index (χ1) is 14.8. The van der Waals surface area contributed by atoms with Crippen LogP contribution in [0.5, 0.6) is 5.75 Å². The van der Waals surface area contributed by atoms with Gasteiger partial charge in [-0.05, 0) is 77.5 Å². The van der Waals surface area contributed by atoms with Crippen LogP contribution in [0, 0.1) is 13.8 Å². The summed E-state index contributed by atoms with van der Waals surface area (Å²) in [5.41, 5.74) is 4.99. The lowest BCUT2D eigenvalue weighted by atomic mass is 10.0. The van der Waals surface area contributed by atoms with Gasteiger partial charge in [0.15, 0.2) is 0 Å². The van der Waals surface area contributed by atoms with Crippen LogP contribution < -0.4 is 10.1 Å². The summed E-state index contributed by atoms with van der Waals surface area (Å²) < 4.78 is 8.90. The summed E-state index contributed by atoms with van der Waals surface area (Å²) in [6, 6.07) is 15.7. The van der Waals surface area contributed by atoms with Gasteiger partial charge < -0.3 is 10.1 Å². The van der Waals surface area contributed by atoms with E-state index in [4.69, 9.17) is 4.74 Å². The van der Waals surface area contributed by atoms with Crippen molar-refractivity contribution < 1.29 is 9.53 Å². The van der Waals surface area contributed by atoms with Crippen LogP contribution in [0.2, 0.25) is 0 Å². The number of aryl methyl sites for hydroxylation is 2. The van der Waals surface area contributed by atoms with Crippen molar-refractivity contribution in [2.45, 2.75) is 53.2 Å². The predicted octanol–water partition coefficient (Wildman–Crippen LogP) is 5.78. The minimum absolute atomic E-state index is 0.0716. The van der Waals surface area contributed by atoms with Crippen LogP contribution in [0.15, 0.2) is 53.0 Å². The van der Waals surface area contributed by atoms with Crippen molar-refractivity contribution in [3.05, 3.63) is 81.1 Å². The fourth-order valence-corrected chi connectivity index (χ4v) is 3.63. The van der Waals surface area contributed by atoms with Gasteiger partial charge in [-0.25, -0.2) is 0 Å². The van der Waals surface area contributed by atoms with Gasteiger partial charge in [0.2, 0.25) is 0 Å². The van der Waals surface area contributed by atoms with Gasteiger partial charge in [0, 0.05) is 24.3 Å². The molecule has 1 N–H and O–H groups in total. The van der Waals surface area contributed by atoms with Crippen LogP contribution in [0.1, 0.15) is 59.1 Å². The first kappa shape index (κ1) is 23.1. The maximum atomic E-state index is 12.5. The van der Waals surface area contributed by atoms with Gasteiger partial charge in [0.05, 0.1) is 10.2 Å². The number of hydrogen-bond donors (Lipinski definition) is 1. The van der Waals surface area contributed by atoms with Gasteiger partial charge in [0.1, 0.15) is 12.4 Å². The molecule has 31 heavy (non-hydrogen) atoms. The Morgan fingerprint density at radius 1 is 1.16 bits per heavy atom. The molecule has 0 saturated heterocycles. The molecular formula is C25H30BrN3O2. The molecule has 0 saturated carbocycles. The second-order valence-corrected chi connectivity index (χ2v) is 8.82. The van der Waals surface area contributed by atoms with Crippen LogP contribution >= 0.6 is 15.9 Å². The highest BCUT2D eigenvalue weighted by molar-refractivity contribution is 9.10. The molecular weight excluding hydrogens is 454 g/mol. The molecule has 0 aliphatic heterocycles. The van der Waals surface area contributed by atoms with Crippen LogP contribution in [0.25, 0.3) is 0 Å². The molecule has 0 fully saturated rings. The molecule has 1 aromatic heterocycles. The SMILES string of the molecule is Cc1nn(CCCNC(=O)c2cccc(COc3ccc(C(C)C)cc3)c2)c(C)c1Br. The lowest BCUT2D eigenvalue weighted by Gasteiger charge is -2.10. The van der Waals surface area contributed by atoms with E-state index in [1.807, 2.05) is 54.9 Å². The van der Waals surface area contributed by atoms with E-state index < -0.39 is 0 Å². The summed E-state index contributed by atoms with van der Waals surface area (Å²) in [5, 5.41) is 7.49. The average Bonchev–Trinajstić information content (AvgIpc) is 3.02. The fraction of sp³-hybridized carbons (Fsp3) is 0.360. The van der Waals surface area contributed by atoms with Crippen LogP contribution in [-0.2, 0) is 13.2 Å². The summed E-state index contributed by atoms with van der Waals surface area (Å²) >= 11 is 3.54. The van der Waals surface area contributed by atoms with Gasteiger partial charge in [0.25, 0.3) is 5.91 Å². The molecule has 0 aliphatic rings. The van der Waals surface area contributed by atoms with Gasteiger partial charge >= 0.3 is 0 Å². The van der Waals surface area contributed by atoms with E-state index in [-0.39, 0.29) is 5.91 Å². The fourth-order valence-electron chi connectivity index (χ4n) is 3.34. The Kier molecular flexibility index (Phi) is 7.91. The first-order valence-corrected chi connectivity index (χ1v) is 11.4. The third kappa shape index (κ3) is 6.20. The molecule has 3 rings (SSSR count). The van der Waals surface area contributed by atoms with E-state index in [1.165, 1.54) is 5.56 Å². The first-order valence-electron chi connectivity index (χ1n) is 10.6. The van der Waals surface area contributed by atoms with Crippen molar-refractivity contribution in [3.63, 3.8) is 0 Å². The van der Waals surface area contributed by atoms with Gasteiger partial charge in [-0.2, -0.15) is 5.10 Å². The smallest absolute Gasteiger partial charge is 0.251 e. The van der Waals surface area contributed by atoms with Crippen molar-refractivity contribution >= 4 is 21.8 Å². The molecule has 1 heterocycles. The summed E-state index contributed by atoms with van der Waals surface area (Å²) in [5.74, 6) is 1.26. The number of nitrogens with one attached hydrogen (secondary N) is 1. The van der Waals surface area contributed by atoms with Gasteiger partial charge in [-0.3, -0.25) is 9.48 Å². The number of rotatable bonds is 9. The summed E-state index contributed by atoms with van der Waals surface area (Å²) in [7, 11) is 0. The van der Waals surface area contributed by atoms with Crippen molar-refractivity contribution in [1.29, 1.82) is 0 Å². The predicted molar refractivity (Wildman–Crippen MR) is 128 cm³/mol.